The molecule has 0 bridgehead atoms. The second-order valence-electron chi connectivity index (χ2n) is 7.65. The fourth-order valence-electron chi connectivity index (χ4n) is 2.24. The quantitative estimate of drug-likeness (QED) is 0.794. The molecule has 0 unspecified atom stereocenters. The first-order chi connectivity index (χ1) is 11.5. The van der Waals surface area contributed by atoms with E-state index in [9.17, 15) is 4.79 Å². The Labute approximate surface area is 157 Å². The van der Waals surface area contributed by atoms with Gasteiger partial charge in [-0.15, -0.1) is 0 Å². The van der Waals surface area contributed by atoms with Gasteiger partial charge in [-0.2, -0.15) is 0 Å². The van der Waals surface area contributed by atoms with Crippen LogP contribution < -0.4 is 5.32 Å². The molecule has 1 aromatic rings. The van der Waals surface area contributed by atoms with Crippen LogP contribution >= 0.6 is 15.9 Å². The van der Waals surface area contributed by atoms with E-state index in [-0.39, 0.29) is 0 Å². The zero-order valence-corrected chi connectivity index (χ0v) is 17.0. The number of amides is 1. The largest absolute Gasteiger partial charge is 0.444 e. The standard InChI is InChI=1S/C19H26BrNO4/c1-17(2,3)25-16(22)21-19(12-23-18(4,5)24-13-19)11-10-14-6-8-15(20)9-7-14/h6-11H,12-13H2,1-5H3,(H,21,22). The molecule has 1 amide bonds. The molecule has 1 saturated heterocycles. The number of carbonyl (C=O) groups excluding carboxylic acids is 1. The van der Waals surface area contributed by atoms with Crippen molar-refractivity contribution >= 4 is 28.1 Å². The first-order valence-corrected chi connectivity index (χ1v) is 9.02. The molecule has 1 aliphatic heterocycles. The molecule has 1 N–H and O–H groups in total. The number of ether oxygens (including phenoxy) is 3. The van der Waals surface area contributed by atoms with Gasteiger partial charge in [-0.3, -0.25) is 0 Å². The molecule has 1 aromatic carbocycles. The molecule has 1 fully saturated rings. The molecule has 138 valence electrons. The molecule has 5 nitrogen and oxygen atoms in total. The zero-order valence-electron chi connectivity index (χ0n) is 15.4. The van der Waals surface area contributed by atoms with E-state index in [0.29, 0.717) is 13.2 Å². The normalized spacial score (nSPS) is 19.6. The lowest BCUT2D eigenvalue weighted by Gasteiger charge is -2.42. The van der Waals surface area contributed by atoms with Crippen LogP contribution in [0.15, 0.2) is 34.8 Å². The Morgan fingerprint density at radius 1 is 1.20 bits per heavy atom. The average Bonchev–Trinajstić information content (AvgIpc) is 2.48. The van der Waals surface area contributed by atoms with E-state index in [1.54, 1.807) is 0 Å². The van der Waals surface area contributed by atoms with Crippen LogP contribution in [0.3, 0.4) is 0 Å². The number of hydrogen-bond acceptors (Lipinski definition) is 4. The Hall–Kier alpha value is -1.37. The van der Waals surface area contributed by atoms with E-state index >= 15 is 0 Å². The van der Waals surface area contributed by atoms with Gasteiger partial charge in [-0.25, -0.2) is 4.79 Å². The highest BCUT2D eigenvalue weighted by Gasteiger charge is 2.40. The van der Waals surface area contributed by atoms with E-state index in [0.717, 1.165) is 10.0 Å². The van der Waals surface area contributed by atoms with Crippen molar-refractivity contribution in [2.45, 2.75) is 51.5 Å². The number of rotatable bonds is 3. The van der Waals surface area contributed by atoms with E-state index in [1.165, 1.54) is 0 Å². The zero-order chi connectivity index (χ0) is 18.7. The maximum Gasteiger partial charge on any atom is 0.408 e. The Bertz CT molecular complexity index is 622. The van der Waals surface area contributed by atoms with Crippen molar-refractivity contribution < 1.29 is 19.0 Å². The summed E-state index contributed by atoms with van der Waals surface area (Å²) in [5, 5.41) is 2.90. The van der Waals surface area contributed by atoms with Gasteiger partial charge in [-0.05, 0) is 52.3 Å². The first kappa shape index (κ1) is 19.9. The van der Waals surface area contributed by atoms with Crippen molar-refractivity contribution in [3.8, 4) is 0 Å². The van der Waals surface area contributed by atoms with Gasteiger partial charge < -0.3 is 19.5 Å². The number of nitrogens with one attached hydrogen (secondary N) is 1. The topological polar surface area (TPSA) is 56.8 Å². The maximum absolute atomic E-state index is 12.3. The molecule has 0 aromatic heterocycles. The minimum atomic E-state index is -0.787. The van der Waals surface area contributed by atoms with Crippen molar-refractivity contribution in [3.63, 3.8) is 0 Å². The van der Waals surface area contributed by atoms with Gasteiger partial charge in [0.1, 0.15) is 11.1 Å². The summed E-state index contributed by atoms with van der Waals surface area (Å²) < 4.78 is 17.9. The minimum Gasteiger partial charge on any atom is -0.444 e. The van der Waals surface area contributed by atoms with Crippen molar-refractivity contribution in [2.24, 2.45) is 0 Å². The number of carbonyl (C=O) groups is 1. The van der Waals surface area contributed by atoms with E-state index in [4.69, 9.17) is 14.2 Å². The van der Waals surface area contributed by atoms with Crippen LogP contribution in [-0.2, 0) is 14.2 Å². The van der Waals surface area contributed by atoms with Crippen LogP contribution in [0.4, 0.5) is 4.79 Å². The first-order valence-electron chi connectivity index (χ1n) is 8.23. The van der Waals surface area contributed by atoms with Gasteiger partial charge in [0, 0.05) is 4.47 Å². The summed E-state index contributed by atoms with van der Waals surface area (Å²) in [7, 11) is 0. The average molecular weight is 412 g/mol. The molecular weight excluding hydrogens is 386 g/mol. The SMILES string of the molecule is CC(C)(C)OC(=O)NC1(C=Cc2ccc(Br)cc2)COC(C)(C)OC1. The van der Waals surface area contributed by atoms with Gasteiger partial charge in [0.15, 0.2) is 5.79 Å². The second kappa shape index (κ2) is 7.48. The molecule has 0 atom stereocenters. The van der Waals surface area contributed by atoms with Crippen molar-refractivity contribution in [1.82, 2.24) is 5.32 Å². The van der Waals surface area contributed by atoms with E-state index in [1.807, 2.05) is 71.0 Å². The third kappa shape index (κ3) is 6.45. The summed E-state index contributed by atoms with van der Waals surface area (Å²) in [4.78, 5) is 12.3. The summed E-state index contributed by atoms with van der Waals surface area (Å²) in [6, 6.07) is 7.89. The molecule has 0 spiro atoms. The lowest BCUT2D eigenvalue weighted by molar-refractivity contribution is -0.263. The third-order valence-corrected chi connectivity index (χ3v) is 4.10. The summed E-state index contributed by atoms with van der Waals surface area (Å²) >= 11 is 3.42. The highest BCUT2D eigenvalue weighted by atomic mass is 79.9. The van der Waals surface area contributed by atoms with Crippen LogP contribution in [0.25, 0.3) is 6.08 Å². The van der Waals surface area contributed by atoms with Crippen molar-refractivity contribution in [1.29, 1.82) is 0 Å². The summed E-state index contributed by atoms with van der Waals surface area (Å²) in [5.41, 5.74) is -0.347. The van der Waals surface area contributed by atoms with Crippen molar-refractivity contribution in [2.75, 3.05) is 13.2 Å². The van der Waals surface area contributed by atoms with Crippen LogP contribution in [-0.4, -0.2) is 36.2 Å². The molecule has 1 aliphatic rings. The van der Waals surface area contributed by atoms with Gasteiger partial charge in [0.05, 0.1) is 13.2 Å². The Morgan fingerprint density at radius 3 is 2.28 bits per heavy atom. The van der Waals surface area contributed by atoms with Crippen LogP contribution in [0, 0.1) is 0 Å². The molecule has 0 aliphatic carbocycles. The molecule has 1 heterocycles. The number of benzene rings is 1. The summed E-state index contributed by atoms with van der Waals surface area (Å²) in [6.07, 6.45) is 3.34. The molecule has 0 radical (unpaired) electrons. The molecule has 0 saturated carbocycles. The fraction of sp³-hybridized carbons (Fsp3) is 0.526. The number of hydrogen-bond donors (Lipinski definition) is 1. The van der Waals surface area contributed by atoms with Gasteiger partial charge >= 0.3 is 6.09 Å². The highest BCUT2D eigenvalue weighted by Crippen LogP contribution is 2.26. The lowest BCUT2D eigenvalue weighted by Crippen LogP contribution is -2.60. The van der Waals surface area contributed by atoms with E-state index in [2.05, 4.69) is 21.2 Å². The summed E-state index contributed by atoms with van der Waals surface area (Å²) in [6.45, 7) is 9.78. The maximum atomic E-state index is 12.3. The Balaban J connectivity index is 2.17. The van der Waals surface area contributed by atoms with Crippen LogP contribution in [0.1, 0.15) is 40.2 Å². The number of alkyl carbamates (subject to hydrolysis) is 1. The van der Waals surface area contributed by atoms with Crippen molar-refractivity contribution in [3.05, 3.63) is 40.4 Å². The van der Waals surface area contributed by atoms with Crippen LogP contribution in [0.2, 0.25) is 0 Å². The minimum absolute atomic E-state index is 0.298. The fourth-order valence-corrected chi connectivity index (χ4v) is 2.50. The number of halogens is 1. The lowest BCUT2D eigenvalue weighted by atomic mass is 9.98. The smallest absolute Gasteiger partial charge is 0.408 e. The van der Waals surface area contributed by atoms with Crippen LogP contribution in [0.5, 0.6) is 0 Å². The third-order valence-electron chi connectivity index (χ3n) is 3.57. The predicted octanol–water partition coefficient (Wildman–Crippen LogP) is 4.51. The van der Waals surface area contributed by atoms with Gasteiger partial charge in [-0.1, -0.05) is 40.2 Å². The second-order valence-corrected chi connectivity index (χ2v) is 8.56. The molecule has 2 rings (SSSR count). The Kier molecular flexibility index (Phi) is 5.97. The highest BCUT2D eigenvalue weighted by molar-refractivity contribution is 9.10. The monoisotopic (exact) mass is 411 g/mol. The van der Waals surface area contributed by atoms with Gasteiger partial charge in [0.25, 0.3) is 0 Å². The predicted molar refractivity (Wildman–Crippen MR) is 101 cm³/mol. The molecule has 6 heteroatoms. The Morgan fingerprint density at radius 2 is 1.76 bits per heavy atom. The van der Waals surface area contributed by atoms with E-state index < -0.39 is 23.0 Å². The summed E-state index contributed by atoms with van der Waals surface area (Å²) in [5.74, 6) is -0.676. The van der Waals surface area contributed by atoms with Gasteiger partial charge in [0.2, 0.25) is 0 Å². The molecule has 25 heavy (non-hydrogen) atoms. The molecular formula is C19H26BrNO4.